The Morgan fingerprint density at radius 2 is 2.14 bits per heavy atom. The van der Waals surface area contributed by atoms with Crippen molar-refractivity contribution in [1.29, 1.82) is 0 Å². The van der Waals surface area contributed by atoms with Gasteiger partial charge in [0.25, 0.3) is 0 Å². The lowest BCUT2D eigenvalue weighted by atomic mass is 9.81. The molecule has 0 saturated carbocycles. The summed E-state index contributed by atoms with van der Waals surface area (Å²) in [4.78, 5) is 14.0. The number of hydrogen-bond acceptors (Lipinski definition) is 3. The summed E-state index contributed by atoms with van der Waals surface area (Å²) < 4.78 is 4.86. The van der Waals surface area contributed by atoms with E-state index in [2.05, 4.69) is 18.9 Å². The molecular weight excluding hydrogens is 178 g/mol. The Bertz CT molecular complexity index is 241. The van der Waals surface area contributed by atoms with Gasteiger partial charge in [-0.05, 0) is 32.2 Å². The van der Waals surface area contributed by atoms with Crippen LogP contribution in [0.25, 0.3) is 0 Å². The highest BCUT2D eigenvalue weighted by Crippen LogP contribution is 2.41. The van der Waals surface area contributed by atoms with Crippen molar-refractivity contribution < 1.29 is 9.53 Å². The average molecular weight is 197 g/mol. The van der Waals surface area contributed by atoms with Crippen molar-refractivity contribution in [3.05, 3.63) is 0 Å². The molecule has 0 spiro atoms. The number of carbonyl (C=O) groups excluding carboxylic acids is 1. The van der Waals surface area contributed by atoms with Gasteiger partial charge in [0.2, 0.25) is 0 Å². The molecule has 4 atom stereocenters. The van der Waals surface area contributed by atoms with E-state index in [0.29, 0.717) is 18.0 Å². The molecule has 14 heavy (non-hydrogen) atoms. The normalized spacial score (nSPS) is 42.5. The van der Waals surface area contributed by atoms with Crippen molar-refractivity contribution in [2.75, 3.05) is 14.2 Å². The Morgan fingerprint density at radius 3 is 2.79 bits per heavy atom. The van der Waals surface area contributed by atoms with Crippen LogP contribution in [0.3, 0.4) is 0 Å². The van der Waals surface area contributed by atoms with Gasteiger partial charge in [0.15, 0.2) is 0 Å². The van der Waals surface area contributed by atoms with Crippen LogP contribution < -0.4 is 0 Å². The van der Waals surface area contributed by atoms with Crippen molar-refractivity contribution in [2.45, 2.75) is 38.3 Å². The monoisotopic (exact) mass is 197 g/mol. The number of hydrogen-bond donors (Lipinski definition) is 0. The van der Waals surface area contributed by atoms with E-state index in [-0.39, 0.29) is 11.9 Å². The minimum absolute atomic E-state index is 0.0116. The molecule has 0 aromatic rings. The van der Waals surface area contributed by atoms with Crippen LogP contribution in [0.1, 0.15) is 26.2 Å². The maximum atomic E-state index is 11.6. The van der Waals surface area contributed by atoms with Gasteiger partial charge in [-0.2, -0.15) is 0 Å². The molecule has 2 bridgehead atoms. The quantitative estimate of drug-likeness (QED) is 0.593. The number of piperidine rings is 1. The Kier molecular flexibility index (Phi) is 2.52. The molecule has 3 heteroatoms. The van der Waals surface area contributed by atoms with Gasteiger partial charge in [0.05, 0.1) is 13.0 Å². The first-order valence-corrected chi connectivity index (χ1v) is 5.45. The van der Waals surface area contributed by atoms with Crippen LogP contribution in [-0.4, -0.2) is 37.1 Å². The van der Waals surface area contributed by atoms with E-state index >= 15 is 0 Å². The van der Waals surface area contributed by atoms with Crippen molar-refractivity contribution in [3.63, 3.8) is 0 Å². The predicted molar refractivity (Wildman–Crippen MR) is 53.9 cm³/mol. The Hall–Kier alpha value is -0.570. The van der Waals surface area contributed by atoms with E-state index < -0.39 is 0 Å². The third-order valence-corrected chi connectivity index (χ3v) is 4.17. The number of methoxy groups -OCH3 is 1. The minimum Gasteiger partial charge on any atom is -0.469 e. The van der Waals surface area contributed by atoms with Crippen molar-refractivity contribution in [3.8, 4) is 0 Å². The van der Waals surface area contributed by atoms with Gasteiger partial charge >= 0.3 is 5.97 Å². The largest absolute Gasteiger partial charge is 0.469 e. The van der Waals surface area contributed by atoms with Crippen molar-refractivity contribution in [1.82, 2.24) is 4.90 Å². The van der Waals surface area contributed by atoms with E-state index in [9.17, 15) is 4.79 Å². The molecule has 2 fully saturated rings. The molecule has 0 aliphatic carbocycles. The smallest absolute Gasteiger partial charge is 0.309 e. The van der Waals surface area contributed by atoms with Gasteiger partial charge in [-0.15, -0.1) is 0 Å². The third kappa shape index (κ3) is 1.34. The molecule has 80 valence electrons. The first kappa shape index (κ1) is 9.97. The van der Waals surface area contributed by atoms with Crippen molar-refractivity contribution >= 4 is 5.97 Å². The van der Waals surface area contributed by atoms with E-state index in [1.54, 1.807) is 0 Å². The fourth-order valence-electron chi connectivity index (χ4n) is 3.20. The summed E-state index contributed by atoms with van der Waals surface area (Å²) in [6.07, 6.45) is 3.48. The lowest BCUT2D eigenvalue weighted by Crippen LogP contribution is -2.47. The minimum atomic E-state index is -0.0116. The zero-order valence-electron chi connectivity index (χ0n) is 9.19. The van der Waals surface area contributed by atoms with Gasteiger partial charge in [0.1, 0.15) is 0 Å². The van der Waals surface area contributed by atoms with Crippen LogP contribution in [-0.2, 0) is 9.53 Å². The molecule has 0 aromatic heterocycles. The van der Waals surface area contributed by atoms with Crippen LogP contribution in [0.4, 0.5) is 0 Å². The second kappa shape index (κ2) is 3.54. The standard InChI is InChI=1S/C11H19NO2/c1-7-9(11(13)14-3)6-8-4-5-10(7)12(8)2/h7-10H,4-6H2,1-3H3/t7-,8+,9-,10+/m0/s1. The summed E-state index contributed by atoms with van der Waals surface area (Å²) in [5.41, 5.74) is 0. The molecule has 0 amide bonds. The van der Waals surface area contributed by atoms with E-state index in [1.807, 2.05) is 0 Å². The summed E-state index contributed by atoms with van der Waals surface area (Å²) in [6, 6.07) is 1.21. The third-order valence-electron chi connectivity index (χ3n) is 4.17. The van der Waals surface area contributed by atoms with Crippen LogP contribution >= 0.6 is 0 Å². The summed E-state index contributed by atoms with van der Waals surface area (Å²) in [6.45, 7) is 2.18. The molecule has 2 saturated heterocycles. The SMILES string of the molecule is COC(=O)[C@H]1C[C@H]2CC[C@H]([C@H]1C)N2C. The first-order chi connectivity index (χ1) is 6.65. The average Bonchev–Trinajstić information content (AvgIpc) is 2.43. The van der Waals surface area contributed by atoms with Crippen LogP contribution in [0.5, 0.6) is 0 Å². The van der Waals surface area contributed by atoms with Crippen molar-refractivity contribution in [2.24, 2.45) is 11.8 Å². The predicted octanol–water partition coefficient (Wildman–Crippen LogP) is 1.28. The van der Waals surface area contributed by atoms with E-state index in [1.165, 1.54) is 20.0 Å². The summed E-state index contributed by atoms with van der Waals surface area (Å²) in [5.74, 6) is 0.572. The highest BCUT2D eigenvalue weighted by Gasteiger charge is 2.46. The zero-order valence-corrected chi connectivity index (χ0v) is 9.19. The highest BCUT2D eigenvalue weighted by atomic mass is 16.5. The van der Waals surface area contributed by atoms with Gasteiger partial charge in [-0.1, -0.05) is 6.92 Å². The highest BCUT2D eigenvalue weighted by molar-refractivity contribution is 5.73. The fraction of sp³-hybridized carbons (Fsp3) is 0.909. The zero-order chi connectivity index (χ0) is 10.3. The second-order valence-electron chi connectivity index (χ2n) is 4.69. The van der Waals surface area contributed by atoms with E-state index in [0.717, 1.165) is 6.42 Å². The molecule has 0 unspecified atom stereocenters. The number of nitrogens with zero attached hydrogens (tertiary/aromatic N) is 1. The number of rotatable bonds is 1. The van der Waals surface area contributed by atoms with Gasteiger partial charge < -0.3 is 9.64 Å². The Morgan fingerprint density at radius 1 is 1.43 bits per heavy atom. The van der Waals surface area contributed by atoms with Crippen LogP contribution in [0, 0.1) is 11.8 Å². The molecular formula is C11H19NO2. The number of fused-ring (bicyclic) bond motifs is 2. The first-order valence-electron chi connectivity index (χ1n) is 5.45. The molecule has 2 aliphatic rings. The lowest BCUT2D eigenvalue weighted by Gasteiger charge is -2.40. The van der Waals surface area contributed by atoms with Gasteiger partial charge in [-0.25, -0.2) is 0 Å². The number of esters is 1. The van der Waals surface area contributed by atoms with Gasteiger partial charge in [-0.3, -0.25) is 4.79 Å². The maximum Gasteiger partial charge on any atom is 0.309 e. The fourth-order valence-corrected chi connectivity index (χ4v) is 3.20. The maximum absolute atomic E-state index is 11.6. The van der Waals surface area contributed by atoms with Crippen LogP contribution in [0.15, 0.2) is 0 Å². The molecule has 0 aromatic carbocycles. The topological polar surface area (TPSA) is 29.5 Å². The summed E-state index contributed by atoms with van der Waals surface area (Å²) in [7, 11) is 3.68. The van der Waals surface area contributed by atoms with Gasteiger partial charge in [0, 0.05) is 12.1 Å². The molecule has 2 rings (SSSR count). The Balaban J connectivity index is 2.13. The van der Waals surface area contributed by atoms with Crippen LogP contribution in [0.2, 0.25) is 0 Å². The molecule has 2 aliphatic heterocycles. The number of carbonyl (C=O) groups is 1. The number of ether oxygens (including phenoxy) is 1. The molecule has 3 nitrogen and oxygen atoms in total. The van der Waals surface area contributed by atoms with E-state index in [4.69, 9.17) is 4.74 Å². The summed E-state index contributed by atoms with van der Waals surface area (Å²) >= 11 is 0. The lowest BCUT2D eigenvalue weighted by molar-refractivity contribution is -0.150. The summed E-state index contributed by atoms with van der Waals surface area (Å²) in [5, 5.41) is 0. The Labute approximate surface area is 85.4 Å². The molecule has 0 N–H and O–H groups in total. The molecule has 0 radical (unpaired) electrons. The molecule has 2 heterocycles. The second-order valence-corrected chi connectivity index (χ2v) is 4.69.